The molecule has 5 nitrogen and oxygen atoms in total. The molecule has 0 saturated carbocycles. The van der Waals surface area contributed by atoms with Crippen LogP contribution in [0.5, 0.6) is 11.6 Å². The molecule has 2 aromatic heterocycles. The highest BCUT2D eigenvalue weighted by Gasteiger charge is 2.07. The van der Waals surface area contributed by atoms with Crippen molar-refractivity contribution >= 4 is 11.0 Å². The maximum Gasteiger partial charge on any atom is 0.323 e. The first-order valence-electron chi connectivity index (χ1n) is 5.13. The van der Waals surface area contributed by atoms with Crippen LogP contribution in [0.3, 0.4) is 0 Å². The van der Waals surface area contributed by atoms with Gasteiger partial charge in [-0.25, -0.2) is 9.78 Å². The van der Waals surface area contributed by atoms with Gasteiger partial charge in [-0.2, -0.15) is 0 Å². The summed E-state index contributed by atoms with van der Waals surface area (Å²) >= 11 is 0. The van der Waals surface area contributed by atoms with Gasteiger partial charge in [0.15, 0.2) is 0 Å². The molecule has 3 rings (SSSR count). The summed E-state index contributed by atoms with van der Waals surface area (Å²) < 4.78 is 5.60. The van der Waals surface area contributed by atoms with E-state index in [1.165, 1.54) is 0 Å². The first kappa shape index (κ1) is 9.65. The number of ether oxygens (including phenoxy) is 1. The Balaban J connectivity index is 2.09. The molecule has 0 aliphatic rings. The third-order valence-electron chi connectivity index (χ3n) is 2.36. The van der Waals surface area contributed by atoms with Crippen LogP contribution in [0, 0.1) is 0 Å². The third-order valence-corrected chi connectivity index (χ3v) is 2.36. The van der Waals surface area contributed by atoms with E-state index in [-0.39, 0.29) is 5.69 Å². The van der Waals surface area contributed by atoms with E-state index < -0.39 is 0 Å². The maximum absolute atomic E-state index is 11.2. The first-order chi connectivity index (χ1) is 8.33. The molecule has 0 fully saturated rings. The molecule has 0 unspecified atom stereocenters. The van der Waals surface area contributed by atoms with Gasteiger partial charge in [-0.1, -0.05) is 18.2 Å². The highest BCUT2D eigenvalue weighted by atomic mass is 16.5. The lowest BCUT2D eigenvalue weighted by atomic mass is 10.3. The molecule has 0 atom stereocenters. The summed E-state index contributed by atoms with van der Waals surface area (Å²) in [4.78, 5) is 20.6. The van der Waals surface area contributed by atoms with Crippen LogP contribution in [0.2, 0.25) is 0 Å². The van der Waals surface area contributed by atoms with Crippen molar-refractivity contribution in [1.29, 1.82) is 0 Å². The van der Waals surface area contributed by atoms with Crippen LogP contribution in [0.1, 0.15) is 0 Å². The van der Waals surface area contributed by atoms with Gasteiger partial charge in [0.25, 0.3) is 0 Å². The number of H-pyrrole nitrogens is 2. The minimum absolute atomic E-state index is 0.272. The van der Waals surface area contributed by atoms with E-state index in [1.807, 2.05) is 30.3 Å². The second-order valence-corrected chi connectivity index (χ2v) is 3.53. The van der Waals surface area contributed by atoms with Crippen molar-refractivity contribution in [2.75, 3.05) is 0 Å². The number of benzene rings is 1. The molecule has 0 saturated heterocycles. The molecule has 0 amide bonds. The molecule has 1 aromatic carbocycles. The molecule has 2 N–H and O–H groups in total. The summed E-state index contributed by atoms with van der Waals surface area (Å²) in [6, 6.07) is 11.0. The summed E-state index contributed by atoms with van der Waals surface area (Å²) in [6.07, 6.45) is 1.59. The minimum atomic E-state index is -0.272. The van der Waals surface area contributed by atoms with Crippen LogP contribution in [-0.2, 0) is 0 Å². The number of fused-ring (bicyclic) bond motifs is 1. The molecule has 0 aliphatic carbocycles. The standard InChI is InChI=1S/C12H9N3O2/c16-12-14-9-6-7-13-11(10(9)15-12)17-8-4-2-1-3-5-8/h1-7H,(H2,14,15,16). The van der Waals surface area contributed by atoms with Crippen molar-refractivity contribution in [3.05, 3.63) is 53.1 Å². The number of nitrogens with zero attached hydrogens (tertiary/aromatic N) is 1. The van der Waals surface area contributed by atoms with Gasteiger partial charge in [-0.3, -0.25) is 0 Å². The number of hydrogen-bond donors (Lipinski definition) is 2. The Morgan fingerprint density at radius 3 is 2.71 bits per heavy atom. The Bertz CT molecular complexity index is 700. The van der Waals surface area contributed by atoms with Crippen LogP contribution in [0.4, 0.5) is 0 Å². The summed E-state index contributed by atoms with van der Waals surface area (Å²) in [5, 5.41) is 0. The second kappa shape index (κ2) is 3.79. The van der Waals surface area contributed by atoms with Gasteiger partial charge in [0.1, 0.15) is 11.3 Å². The largest absolute Gasteiger partial charge is 0.437 e. The van der Waals surface area contributed by atoms with E-state index in [0.717, 1.165) is 0 Å². The molecule has 0 spiro atoms. The fraction of sp³-hybridized carbons (Fsp3) is 0. The van der Waals surface area contributed by atoms with E-state index in [9.17, 15) is 4.79 Å². The number of nitrogens with one attached hydrogen (secondary N) is 2. The Morgan fingerprint density at radius 2 is 1.88 bits per heavy atom. The van der Waals surface area contributed by atoms with Crippen LogP contribution in [-0.4, -0.2) is 15.0 Å². The normalized spacial score (nSPS) is 10.6. The van der Waals surface area contributed by atoms with Gasteiger partial charge >= 0.3 is 5.69 Å². The lowest BCUT2D eigenvalue weighted by Gasteiger charge is -2.04. The number of aromatic amines is 2. The van der Waals surface area contributed by atoms with E-state index >= 15 is 0 Å². The van der Waals surface area contributed by atoms with Gasteiger partial charge in [-0.05, 0) is 18.2 Å². The number of aromatic nitrogens is 3. The summed E-state index contributed by atoms with van der Waals surface area (Å²) in [6.45, 7) is 0. The van der Waals surface area contributed by atoms with E-state index in [4.69, 9.17) is 4.74 Å². The monoisotopic (exact) mass is 227 g/mol. The average molecular weight is 227 g/mol. The molecular weight excluding hydrogens is 218 g/mol. The molecule has 17 heavy (non-hydrogen) atoms. The van der Waals surface area contributed by atoms with Crippen molar-refractivity contribution in [3.63, 3.8) is 0 Å². The van der Waals surface area contributed by atoms with Crippen LogP contribution >= 0.6 is 0 Å². The molecule has 84 valence electrons. The van der Waals surface area contributed by atoms with E-state index in [0.29, 0.717) is 22.7 Å². The molecule has 5 heteroatoms. The predicted octanol–water partition coefficient (Wildman–Crippen LogP) is 2.04. The number of rotatable bonds is 2. The van der Waals surface area contributed by atoms with Gasteiger partial charge < -0.3 is 14.7 Å². The topological polar surface area (TPSA) is 70.8 Å². The fourth-order valence-electron chi connectivity index (χ4n) is 1.61. The third kappa shape index (κ3) is 1.78. The first-order valence-corrected chi connectivity index (χ1v) is 5.13. The van der Waals surface area contributed by atoms with Gasteiger partial charge in [0, 0.05) is 6.20 Å². The van der Waals surface area contributed by atoms with E-state index in [1.54, 1.807) is 12.3 Å². The van der Waals surface area contributed by atoms with Crippen LogP contribution < -0.4 is 10.4 Å². The lowest BCUT2D eigenvalue weighted by molar-refractivity contribution is 0.468. The summed E-state index contributed by atoms with van der Waals surface area (Å²) in [5.74, 6) is 1.06. The molecule has 3 aromatic rings. The molecular formula is C12H9N3O2. The molecule has 0 aliphatic heterocycles. The number of para-hydroxylation sites is 1. The highest BCUT2D eigenvalue weighted by molar-refractivity contribution is 5.79. The second-order valence-electron chi connectivity index (χ2n) is 3.53. The number of hydrogen-bond acceptors (Lipinski definition) is 3. The SMILES string of the molecule is O=c1[nH]c2ccnc(Oc3ccccc3)c2[nH]1. The maximum atomic E-state index is 11.2. The van der Waals surface area contributed by atoms with Crippen molar-refractivity contribution in [2.45, 2.75) is 0 Å². The van der Waals surface area contributed by atoms with Gasteiger partial charge in [0.2, 0.25) is 5.88 Å². The van der Waals surface area contributed by atoms with Crippen molar-refractivity contribution in [3.8, 4) is 11.6 Å². The Hall–Kier alpha value is -2.56. The predicted molar refractivity (Wildman–Crippen MR) is 63.2 cm³/mol. The highest BCUT2D eigenvalue weighted by Crippen LogP contribution is 2.23. The Kier molecular flexibility index (Phi) is 2.15. The van der Waals surface area contributed by atoms with Crippen LogP contribution in [0.15, 0.2) is 47.4 Å². The van der Waals surface area contributed by atoms with E-state index in [2.05, 4.69) is 15.0 Å². The van der Waals surface area contributed by atoms with Crippen molar-refractivity contribution in [1.82, 2.24) is 15.0 Å². The smallest absolute Gasteiger partial charge is 0.323 e. The Morgan fingerprint density at radius 1 is 1.06 bits per heavy atom. The molecule has 0 bridgehead atoms. The van der Waals surface area contributed by atoms with Crippen molar-refractivity contribution in [2.24, 2.45) is 0 Å². The number of imidazole rings is 1. The molecule has 0 radical (unpaired) electrons. The van der Waals surface area contributed by atoms with Gasteiger partial charge in [0.05, 0.1) is 5.52 Å². The summed E-state index contributed by atoms with van der Waals surface area (Å²) in [7, 11) is 0. The quantitative estimate of drug-likeness (QED) is 0.703. The average Bonchev–Trinajstić information content (AvgIpc) is 2.72. The van der Waals surface area contributed by atoms with Crippen molar-refractivity contribution < 1.29 is 4.74 Å². The number of pyridine rings is 1. The fourth-order valence-corrected chi connectivity index (χ4v) is 1.61. The van der Waals surface area contributed by atoms with Gasteiger partial charge in [-0.15, -0.1) is 0 Å². The minimum Gasteiger partial charge on any atom is -0.437 e. The Labute approximate surface area is 96.1 Å². The molecule has 2 heterocycles. The van der Waals surface area contributed by atoms with Crippen LogP contribution in [0.25, 0.3) is 11.0 Å². The zero-order chi connectivity index (χ0) is 11.7. The summed E-state index contributed by atoms with van der Waals surface area (Å²) in [5.41, 5.74) is 0.975. The zero-order valence-electron chi connectivity index (χ0n) is 8.81. The lowest BCUT2D eigenvalue weighted by Crippen LogP contribution is -1.99. The zero-order valence-corrected chi connectivity index (χ0v) is 8.81.